The molecule has 1 aromatic carbocycles. The van der Waals surface area contributed by atoms with Crippen molar-refractivity contribution in [2.75, 3.05) is 5.88 Å². The topological polar surface area (TPSA) is 41.8 Å². The fourth-order valence-corrected chi connectivity index (χ4v) is 1.64. The average Bonchev–Trinajstić information content (AvgIpc) is 2.21. The lowest BCUT2D eigenvalue weighted by Gasteiger charge is -2.00. The van der Waals surface area contributed by atoms with E-state index in [2.05, 4.69) is 9.88 Å². The summed E-state index contributed by atoms with van der Waals surface area (Å²) < 4.78 is 0. The number of benzene rings is 1. The Kier molecular flexibility index (Phi) is 5.29. The molecule has 0 amide bonds. The summed E-state index contributed by atoms with van der Waals surface area (Å²) in [5.74, 6) is 0.742. The van der Waals surface area contributed by atoms with Crippen LogP contribution in [0.1, 0.15) is 12.5 Å². The highest BCUT2D eigenvalue weighted by molar-refractivity contribution is 7.99. The van der Waals surface area contributed by atoms with Crippen LogP contribution in [0.5, 0.6) is 0 Å². The highest BCUT2D eigenvalue weighted by Gasteiger charge is 1.94. The molecular weight excluding hydrogens is 198 g/mol. The smallest absolute Gasteiger partial charge is 0.107 e. The number of rotatable bonds is 5. The van der Waals surface area contributed by atoms with Crippen LogP contribution in [0.25, 0.3) is 0 Å². The molecule has 14 heavy (non-hydrogen) atoms. The molecule has 0 spiro atoms. The first-order valence-corrected chi connectivity index (χ1v) is 5.28. The number of nitrogens with zero attached hydrogens (tertiary/aromatic N) is 1. The van der Waals surface area contributed by atoms with Crippen LogP contribution in [-0.4, -0.2) is 17.3 Å². The van der Waals surface area contributed by atoms with E-state index in [-0.39, 0.29) is 6.61 Å². The zero-order chi connectivity index (χ0) is 10.2. The van der Waals surface area contributed by atoms with Crippen LogP contribution in [-0.2, 0) is 11.5 Å². The van der Waals surface area contributed by atoms with E-state index in [4.69, 9.17) is 5.26 Å². The van der Waals surface area contributed by atoms with E-state index < -0.39 is 0 Å². The Morgan fingerprint density at radius 3 is 2.71 bits per heavy atom. The first-order valence-electron chi connectivity index (χ1n) is 4.29. The molecule has 0 aliphatic heterocycles. The third-order valence-corrected chi connectivity index (χ3v) is 2.53. The molecule has 0 saturated carbocycles. The number of aliphatic imine (C=N–C) groups is 1. The first-order chi connectivity index (χ1) is 6.86. The lowest BCUT2D eigenvalue weighted by molar-refractivity contribution is -0.253. The van der Waals surface area contributed by atoms with Crippen molar-refractivity contribution in [2.24, 2.45) is 4.99 Å². The molecule has 0 fully saturated rings. The average molecular weight is 211 g/mol. The maximum absolute atomic E-state index is 8.24. The van der Waals surface area contributed by atoms with Crippen molar-refractivity contribution in [3.8, 4) is 0 Å². The molecule has 0 radical (unpaired) electrons. The van der Waals surface area contributed by atoms with Gasteiger partial charge in [0, 0.05) is 4.90 Å². The van der Waals surface area contributed by atoms with Gasteiger partial charge in [-0.2, -0.15) is 0 Å². The van der Waals surface area contributed by atoms with Gasteiger partial charge in [0.05, 0.1) is 5.88 Å². The molecule has 0 heterocycles. The second-order valence-corrected chi connectivity index (χ2v) is 3.65. The van der Waals surface area contributed by atoms with E-state index in [9.17, 15) is 0 Å². The van der Waals surface area contributed by atoms with Crippen LogP contribution in [0.3, 0.4) is 0 Å². The highest BCUT2D eigenvalue weighted by Crippen LogP contribution is 2.18. The first kappa shape index (κ1) is 11.2. The van der Waals surface area contributed by atoms with E-state index >= 15 is 0 Å². The van der Waals surface area contributed by atoms with Crippen LogP contribution in [0, 0.1) is 0 Å². The maximum atomic E-state index is 8.24. The maximum Gasteiger partial charge on any atom is 0.107 e. The van der Waals surface area contributed by atoms with Crippen molar-refractivity contribution in [3.63, 3.8) is 0 Å². The molecule has 0 aliphatic rings. The summed E-state index contributed by atoms with van der Waals surface area (Å²) in [4.78, 5) is 9.30. The molecule has 0 aliphatic carbocycles. The van der Waals surface area contributed by atoms with Crippen LogP contribution >= 0.6 is 11.8 Å². The Morgan fingerprint density at radius 2 is 2.14 bits per heavy atom. The minimum atomic E-state index is 0.234. The van der Waals surface area contributed by atoms with E-state index in [1.54, 1.807) is 18.0 Å². The monoisotopic (exact) mass is 211 g/mol. The van der Waals surface area contributed by atoms with Crippen molar-refractivity contribution in [1.29, 1.82) is 0 Å². The largest absolute Gasteiger partial charge is 0.287 e. The third kappa shape index (κ3) is 3.91. The number of hydrogen-bond acceptors (Lipinski definition) is 4. The standard InChI is InChI=1S/C10H13NO2S/c1-2-11-8-14-10-5-3-9(4-6-10)7-13-12/h2-6,12H,7-8H2,1H3. The molecule has 4 heteroatoms. The lowest BCUT2D eigenvalue weighted by atomic mass is 10.2. The number of hydrogen-bond donors (Lipinski definition) is 1. The molecule has 76 valence electrons. The van der Waals surface area contributed by atoms with Gasteiger partial charge in [0.15, 0.2) is 0 Å². The highest BCUT2D eigenvalue weighted by atomic mass is 32.2. The summed E-state index contributed by atoms with van der Waals surface area (Å²) in [7, 11) is 0. The molecule has 3 nitrogen and oxygen atoms in total. The molecule has 1 rings (SSSR count). The minimum Gasteiger partial charge on any atom is -0.287 e. The normalized spacial score (nSPS) is 11.0. The van der Waals surface area contributed by atoms with Crippen molar-refractivity contribution in [2.45, 2.75) is 18.4 Å². The molecular formula is C10H13NO2S. The van der Waals surface area contributed by atoms with Crippen LogP contribution < -0.4 is 0 Å². The van der Waals surface area contributed by atoms with Gasteiger partial charge in [0.2, 0.25) is 0 Å². The van der Waals surface area contributed by atoms with Gasteiger partial charge < -0.3 is 0 Å². The summed E-state index contributed by atoms with van der Waals surface area (Å²) in [6.07, 6.45) is 1.79. The zero-order valence-electron chi connectivity index (χ0n) is 8.01. The van der Waals surface area contributed by atoms with E-state index in [0.29, 0.717) is 0 Å². The fraction of sp³-hybridized carbons (Fsp3) is 0.300. The fourth-order valence-electron chi connectivity index (χ4n) is 0.943. The quantitative estimate of drug-likeness (QED) is 0.352. The van der Waals surface area contributed by atoms with Crippen LogP contribution in [0.4, 0.5) is 0 Å². The van der Waals surface area contributed by atoms with Gasteiger partial charge in [-0.25, -0.2) is 4.89 Å². The minimum absolute atomic E-state index is 0.234. The van der Waals surface area contributed by atoms with Gasteiger partial charge in [0.1, 0.15) is 6.61 Å². The van der Waals surface area contributed by atoms with Gasteiger partial charge in [-0.15, -0.1) is 11.8 Å². The van der Waals surface area contributed by atoms with Gasteiger partial charge in [-0.3, -0.25) is 10.2 Å². The van der Waals surface area contributed by atoms with Gasteiger partial charge >= 0.3 is 0 Å². The van der Waals surface area contributed by atoms with Crippen molar-refractivity contribution in [1.82, 2.24) is 0 Å². The van der Waals surface area contributed by atoms with E-state index in [1.165, 1.54) is 0 Å². The summed E-state index contributed by atoms with van der Waals surface area (Å²) in [6, 6.07) is 7.83. The second kappa shape index (κ2) is 6.59. The molecule has 0 atom stereocenters. The summed E-state index contributed by atoms with van der Waals surface area (Å²) in [5, 5.41) is 8.24. The molecule has 1 aromatic rings. The predicted octanol–water partition coefficient (Wildman–Crippen LogP) is 2.82. The van der Waals surface area contributed by atoms with Crippen molar-refractivity contribution < 1.29 is 10.1 Å². The Labute approximate surface area is 87.7 Å². The Morgan fingerprint density at radius 1 is 1.43 bits per heavy atom. The third-order valence-electron chi connectivity index (χ3n) is 1.64. The van der Waals surface area contributed by atoms with E-state index in [0.717, 1.165) is 16.3 Å². The SMILES string of the molecule is CC=NCSc1ccc(COO)cc1. The van der Waals surface area contributed by atoms with Crippen LogP contribution in [0.15, 0.2) is 34.2 Å². The Bertz CT molecular complexity index is 285. The van der Waals surface area contributed by atoms with Gasteiger partial charge in [0.25, 0.3) is 0 Å². The molecule has 0 unspecified atom stereocenters. The lowest BCUT2D eigenvalue weighted by Crippen LogP contribution is -1.86. The molecule has 1 N–H and O–H groups in total. The summed E-state index contributed by atoms with van der Waals surface area (Å²) >= 11 is 1.67. The van der Waals surface area contributed by atoms with Gasteiger partial charge in [-0.05, 0) is 30.8 Å². The predicted molar refractivity (Wildman–Crippen MR) is 58.7 cm³/mol. The number of thioether (sulfide) groups is 1. The second-order valence-electron chi connectivity index (χ2n) is 2.63. The van der Waals surface area contributed by atoms with Crippen LogP contribution in [0.2, 0.25) is 0 Å². The van der Waals surface area contributed by atoms with Gasteiger partial charge in [-0.1, -0.05) is 12.1 Å². The molecule has 0 saturated heterocycles. The van der Waals surface area contributed by atoms with E-state index in [1.807, 2.05) is 31.2 Å². The summed E-state index contributed by atoms with van der Waals surface area (Å²) in [6.45, 7) is 2.14. The van der Waals surface area contributed by atoms with Crippen molar-refractivity contribution >= 4 is 18.0 Å². The zero-order valence-corrected chi connectivity index (χ0v) is 8.83. The summed E-state index contributed by atoms with van der Waals surface area (Å²) in [5.41, 5.74) is 0.954. The van der Waals surface area contributed by atoms with Crippen molar-refractivity contribution in [3.05, 3.63) is 29.8 Å². The molecule has 0 aromatic heterocycles. The Balaban J connectivity index is 2.46. The molecule has 0 bridgehead atoms. The Hall–Kier alpha value is -0.840.